The number of likely N-dealkylation sites (N-methyl/N-ethyl adjacent to an activating group) is 1. The molecular weight excluding hydrogens is 395 g/mol. The molecule has 10 heteroatoms. The SMILES string of the molecule is COCCOc1cc(C(F)(F)F)cnc1-c1nc(C)c(C=CC(=O)N(C)C)s1. The first-order chi connectivity index (χ1) is 13.1. The molecule has 2 aromatic rings. The van der Waals surface area contributed by atoms with Crippen LogP contribution in [-0.2, 0) is 15.7 Å². The Hall–Kier alpha value is -2.46. The van der Waals surface area contributed by atoms with Gasteiger partial charge in [0.15, 0.2) is 0 Å². The summed E-state index contributed by atoms with van der Waals surface area (Å²) in [6.07, 6.45) is -0.765. The van der Waals surface area contributed by atoms with Crippen LogP contribution < -0.4 is 4.74 Å². The summed E-state index contributed by atoms with van der Waals surface area (Å²) in [4.78, 5) is 22.1. The van der Waals surface area contributed by atoms with Crippen LogP contribution in [0.2, 0.25) is 0 Å². The molecule has 0 unspecified atom stereocenters. The van der Waals surface area contributed by atoms with Gasteiger partial charge in [-0.15, -0.1) is 11.3 Å². The fraction of sp³-hybridized carbons (Fsp3) is 0.389. The Balaban J connectivity index is 2.40. The normalized spacial score (nSPS) is 11.8. The molecular formula is C18H20F3N3O3S. The number of ether oxygens (including phenoxy) is 2. The molecule has 0 saturated heterocycles. The predicted octanol–water partition coefficient (Wildman–Crippen LogP) is 3.66. The highest BCUT2D eigenvalue weighted by atomic mass is 32.1. The van der Waals surface area contributed by atoms with Gasteiger partial charge in [-0.2, -0.15) is 13.2 Å². The van der Waals surface area contributed by atoms with Crippen LogP contribution in [0, 0.1) is 6.92 Å². The molecule has 2 heterocycles. The molecule has 0 aliphatic heterocycles. The molecule has 0 atom stereocenters. The number of carbonyl (C=O) groups is 1. The van der Waals surface area contributed by atoms with Gasteiger partial charge < -0.3 is 14.4 Å². The first-order valence-electron chi connectivity index (χ1n) is 8.19. The van der Waals surface area contributed by atoms with Gasteiger partial charge in [0, 0.05) is 33.5 Å². The van der Waals surface area contributed by atoms with Gasteiger partial charge in [-0.1, -0.05) is 0 Å². The molecule has 0 aliphatic rings. The molecule has 0 N–H and O–H groups in total. The lowest BCUT2D eigenvalue weighted by atomic mass is 10.2. The van der Waals surface area contributed by atoms with Crippen LogP contribution in [-0.4, -0.2) is 55.2 Å². The van der Waals surface area contributed by atoms with Gasteiger partial charge in [-0.25, -0.2) is 9.97 Å². The lowest BCUT2D eigenvalue weighted by Gasteiger charge is -2.12. The average Bonchev–Trinajstić information content (AvgIpc) is 2.99. The van der Waals surface area contributed by atoms with Crippen LogP contribution in [0.5, 0.6) is 5.75 Å². The maximum atomic E-state index is 13.0. The maximum absolute atomic E-state index is 13.0. The molecule has 152 valence electrons. The first-order valence-corrected chi connectivity index (χ1v) is 9.01. The molecule has 0 aromatic carbocycles. The minimum atomic E-state index is -4.54. The number of alkyl halides is 3. The van der Waals surface area contributed by atoms with E-state index in [2.05, 4.69) is 9.97 Å². The van der Waals surface area contributed by atoms with E-state index in [0.717, 1.165) is 12.3 Å². The summed E-state index contributed by atoms with van der Waals surface area (Å²) in [5.41, 5.74) is -0.0724. The van der Waals surface area contributed by atoms with Crippen LogP contribution in [0.15, 0.2) is 18.3 Å². The van der Waals surface area contributed by atoms with Crippen molar-refractivity contribution in [2.24, 2.45) is 0 Å². The highest BCUT2D eigenvalue weighted by Crippen LogP contribution is 2.37. The van der Waals surface area contributed by atoms with E-state index in [-0.39, 0.29) is 30.6 Å². The Morgan fingerprint density at radius 1 is 1.32 bits per heavy atom. The number of aryl methyl sites for hydroxylation is 1. The summed E-state index contributed by atoms with van der Waals surface area (Å²) in [7, 11) is 4.73. The molecule has 0 radical (unpaired) electrons. The van der Waals surface area contributed by atoms with Gasteiger partial charge >= 0.3 is 6.18 Å². The summed E-state index contributed by atoms with van der Waals surface area (Å²) in [6, 6.07) is 0.903. The largest absolute Gasteiger partial charge is 0.489 e. The third-order valence-electron chi connectivity index (χ3n) is 3.58. The Bertz CT molecular complexity index is 863. The van der Waals surface area contributed by atoms with E-state index in [1.807, 2.05) is 0 Å². The lowest BCUT2D eigenvalue weighted by Crippen LogP contribution is -2.18. The number of methoxy groups -OCH3 is 1. The maximum Gasteiger partial charge on any atom is 0.418 e. The van der Waals surface area contributed by atoms with Crippen molar-refractivity contribution in [2.45, 2.75) is 13.1 Å². The predicted molar refractivity (Wildman–Crippen MR) is 100 cm³/mol. The van der Waals surface area contributed by atoms with Crippen molar-refractivity contribution in [3.63, 3.8) is 0 Å². The van der Waals surface area contributed by atoms with E-state index in [1.165, 1.54) is 29.4 Å². The van der Waals surface area contributed by atoms with Crippen molar-refractivity contribution < 1.29 is 27.4 Å². The fourth-order valence-electron chi connectivity index (χ4n) is 2.07. The highest BCUT2D eigenvalue weighted by Gasteiger charge is 2.32. The summed E-state index contributed by atoms with van der Waals surface area (Å²) in [5.74, 6) is -0.217. The molecule has 2 aromatic heterocycles. The van der Waals surface area contributed by atoms with Crippen molar-refractivity contribution in [1.29, 1.82) is 0 Å². The molecule has 0 aliphatic carbocycles. The van der Waals surface area contributed by atoms with Gasteiger partial charge in [0.2, 0.25) is 5.91 Å². The van der Waals surface area contributed by atoms with Crippen LogP contribution in [0.25, 0.3) is 16.8 Å². The number of pyridine rings is 1. The number of carbonyl (C=O) groups excluding carboxylic acids is 1. The number of halogens is 3. The quantitative estimate of drug-likeness (QED) is 0.510. The van der Waals surface area contributed by atoms with E-state index >= 15 is 0 Å². The lowest BCUT2D eigenvalue weighted by molar-refractivity contribution is -0.138. The standard InChI is InChI=1S/C18H20F3N3O3S/c1-11-14(5-6-15(25)24(2)3)28-17(23-11)16-13(27-8-7-26-4)9-12(10-22-16)18(19,20)21/h5-6,9-10H,7-8H2,1-4H3. The van der Waals surface area contributed by atoms with E-state index in [0.29, 0.717) is 15.6 Å². The molecule has 0 spiro atoms. The second kappa shape index (κ2) is 9.16. The Kier molecular flexibility index (Phi) is 7.14. The van der Waals surface area contributed by atoms with E-state index in [9.17, 15) is 18.0 Å². The topological polar surface area (TPSA) is 64.5 Å². The second-order valence-corrected chi connectivity index (χ2v) is 6.98. The Labute approximate surface area is 164 Å². The molecule has 28 heavy (non-hydrogen) atoms. The number of hydrogen-bond donors (Lipinski definition) is 0. The van der Waals surface area contributed by atoms with Crippen molar-refractivity contribution in [2.75, 3.05) is 34.4 Å². The molecule has 2 rings (SSSR count). The van der Waals surface area contributed by atoms with Gasteiger partial charge in [0.05, 0.1) is 22.7 Å². The Morgan fingerprint density at radius 3 is 2.64 bits per heavy atom. The van der Waals surface area contributed by atoms with Crippen LogP contribution in [0.4, 0.5) is 13.2 Å². The average molecular weight is 415 g/mol. The molecule has 0 saturated carbocycles. The van der Waals surface area contributed by atoms with Gasteiger partial charge in [0.25, 0.3) is 0 Å². The third kappa shape index (κ3) is 5.52. The monoisotopic (exact) mass is 415 g/mol. The van der Waals surface area contributed by atoms with Gasteiger partial charge in [-0.05, 0) is 19.1 Å². The zero-order chi connectivity index (χ0) is 20.9. The summed E-state index contributed by atoms with van der Waals surface area (Å²) in [5, 5.41) is 0.399. The third-order valence-corrected chi connectivity index (χ3v) is 4.71. The summed E-state index contributed by atoms with van der Waals surface area (Å²) < 4.78 is 49.4. The molecule has 6 nitrogen and oxygen atoms in total. The Morgan fingerprint density at radius 2 is 2.04 bits per heavy atom. The number of nitrogens with zero attached hydrogens (tertiary/aromatic N) is 3. The van der Waals surface area contributed by atoms with E-state index in [4.69, 9.17) is 9.47 Å². The second-order valence-electron chi connectivity index (χ2n) is 5.94. The van der Waals surface area contributed by atoms with Crippen molar-refractivity contribution in [3.8, 4) is 16.5 Å². The molecule has 0 fully saturated rings. The first kappa shape index (κ1) is 21.8. The van der Waals surface area contributed by atoms with Crippen LogP contribution >= 0.6 is 11.3 Å². The zero-order valence-electron chi connectivity index (χ0n) is 15.8. The highest BCUT2D eigenvalue weighted by molar-refractivity contribution is 7.16. The van der Waals surface area contributed by atoms with Crippen molar-refractivity contribution in [1.82, 2.24) is 14.9 Å². The smallest absolute Gasteiger partial charge is 0.418 e. The number of amides is 1. The number of rotatable bonds is 7. The van der Waals surface area contributed by atoms with Gasteiger partial charge in [-0.3, -0.25) is 4.79 Å². The summed E-state index contributed by atoms with van der Waals surface area (Å²) in [6.45, 7) is 2.03. The number of thiazole rings is 1. The van der Waals surface area contributed by atoms with Crippen molar-refractivity contribution >= 4 is 23.3 Å². The van der Waals surface area contributed by atoms with E-state index in [1.54, 1.807) is 27.1 Å². The van der Waals surface area contributed by atoms with Crippen molar-refractivity contribution in [3.05, 3.63) is 34.5 Å². The number of aromatic nitrogens is 2. The zero-order valence-corrected chi connectivity index (χ0v) is 16.6. The van der Waals surface area contributed by atoms with Crippen LogP contribution in [0.1, 0.15) is 16.1 Å². The number of hydrogen-bond acceptors (Lipinski definition) is 6. The molecule has 0 bridgehead atoms. The minimum absolute atomic E-state index is 0.0273. The molecule has 1 amide bonds. The summed E-state index contributed by atoms with van der Waals surface area (Å²) >= 11 is 1.21. The van der Waals surface area contributed by atoms with Gasteiger partial charge in [0.1, 0.15) is 23.1 Å². The van der Waals surface area contributed by atoms with E-state index < -0.39 is 11.7 Å². The minimum Gasteiger partial charge on any atom is -0.489 e. The van der Waals surface area contributed by atoms with Crippen LogP contribution in [0.3, 0.4) is 0 Å². The fourth-order valence-corrected chi connectivity index (χ4v) is 3.04.